The Balaban J connectivity index is 2.46. The fraction of sp³-hybridized carbons (Fsp3) is 0.231. The van der Waals surface area contributed by atoms with Gasteiger partial charge in [-0.25, -0.2) is 4.39 Å². The van der Waals surface area contributed by atoms with E-state index in [1.54, 1.807) is 6.07 Å². The lowest BCUT2D eigenvalue weighted by Gasteiger charge is -2.13. The molecule has 1 heterocycles. The second-order valence-electron chi connectivity index (χ2n) is 4.20. The Labute approximate surface area is 130 Å². The highest BCUT2D eigenvalue weighted by atomic mass is 79.9. The molecule has 0 amide bonds. The second-order valence-corrected chi connectivity index (χ2v) is 7.04. The molecular weight excluding hydrogens is 380 g/mol. The van der Waals surface area contributed by atoms with Crippen molar-refractivity contribution < 1.29 is 17.6 Å². The van der Waals surface area contributed by atoms with E-state index in [1.165, 1.54) is 11.3 Å². The quantitative estimate of drug-likeness (QED) is 0.419. The number of aryl methyl sites for hydroxylation is 1. The van der Waals surface area contributed by atoms with Gasteiger partial charge in [-0.05, 0) is 52.7 Å². The molecule has 2 rings (SSSR count). The van der Waals surface area contributed by atoms with Gasteiger partial charge in [0.25, 0.3) is 0 Å². The van der Waals surface area contributed by atoms with Gasteiger partial charge >= 0.3 is 6.18 Å². The van der Waals surface area contributed by atoms with Crippen molar-refractivity contribution in [2.75, 3.05) is 0 Å². The maximum Gasteiger partial charge on any atom is 0.416 e. The van der Waals surface area contributed by atoms with E-state index in [1.807, 2.05) is 6.92 Å². The minimum absolute atomic E-state index is 0.171. The fourth-order valence-corrected chi connectivity index (χ4v) is 3.61. The molecule has 0 saturated carbocycles. The highest BCUT2D eigenvalue weighted by molar-refractivity contribution is 9.11. The molecule has 1 atom stereocenters. The summed E-state index contributed by atoms with van der Waals surface area (Å²) in [6.45, 7) is 1.83. The van der Waals surface area contributed by atoms with Crippen molar-refractivity contribution >= 4 is 38.9 Å². The van der Waals surface area contributed by atoms with Crippen molar-refractivity contribution in [1.29, 1.82) is 0 Å². The summed E-state index contributed by atoms with van der Waals surface area (Å²) in [4.78, 5) is 0.592. The molecule has 108 valence electrons. The minimum atomic E-state index is -4.52. The van der Waals surface area contributed by atoms with Crippen molar-refractivity contribution in [3.05, 3.63) is 55.4 Å². The molecule has 0 saturated heterocycles. The van der Waals surface area contributed by atoms with Gasteiger partial charge in [0.2, 0.25) is 0 Å². The zero-order chi connectivity index (χ0) is 15.1. The van der Waals surface area contributed by atoms with Crippen molar-refractivity contribution in [3.8, 4) is 0 Å². The largest absolute Gasteiger partial charge is 0.416 e. The Hall–Kier alpha value is -0.590. The average Bonchev–Trinajstić information content (AvgIpc) is 2.68. The van der Waals surface area contributed by atoms with Crippen LogP contribution in [-0.4, -0.2) is 0 Å². The first kappa shape index (κ1) is 15.8. The smallest absolute Gasteiger partial charge is 0.207 e. The molecule has 2 aromatic rings. The van der Waals surface area contributed by atoms with E-state index in [0.717, 1.165) is 21.5 Å². The van der Waals surface area contributed by atoms with E-state index >= 15 is 0 Å². The predicted molar refractivity (Wildman–Crippen MR) is 75.9 cm³/mol. The van der Waals surface area contributed by atoms with Gasteiger partial charge < -0.3 is 0 Å². The van der Waals surface area contributed by atoms with Gasteiger partial charge in [0.05, 0.1) is 14.7 Å². The summed E-state index contributed by atoms with van der Waals surface area (Å²) >= 11 is 10.7. The molecule has 0 bridgehead atoms. The summed E-state index contributed by atoms with van der Waals surface area (Å²) in [5.41, 5.74) is -0.176. The minimum Gasteiger partial charge on any atom is -0.207 e. The van der Waals surface area contributed by atoms with Gasteiger partial charge in [-0.1, -0.05) is 0 Å². The first-order valence-electron chi connectivity index (χ1n) is 5.46. The molecule has 0 aliphatic rings. The van der Waals surface area contributed by atoms with E-state index in [4.69, 9.17) is 11.6 Å². The molecule has 0 aliphatic heterocycles. The molecule has 1 aromatic heterocycles. The van der Waals surface area contributed by atoms with Crippen LogP contribution in [0.3, 0.4) is 0 Å². The van der Waals surface area contributed by atoms with Crippen LogP contribution in [0.5, 0.6) is 0 Å². The van der Waals surface area contributed by atoms with Crippen molar-refractivity contribution in [2.45, 2.75) is 18.5 Å². The van der Waals surface area contributed by atoms with Crippen molar-refractivity contribution in [3.63, 3.8) is 0 Å². The van der Waals surface area contributed by atoms with Gasteiger partial charge in [-0.15, -0.1) is 22.9 Å². The average molecular weight is 388 g/mol. The molecule has 1 aromatic carbocycles. The summed E-state index contributed by atoms with van der Waals surface area (Å²) in [6, 6.07) is 3.99. The molecule has 0 spiro atoms. The number of halogens is 6. The van der Waals surface area contributed by atoms with E-state index in [-0.39, 0.29) is 5.56 Å². The Bertz CT molecular complexity index is 616. The van der Waals surface area contributed by atoms with E-state index < -0.39 is 22.9 Å². The third-order valence-electron chi connectivity index (χ3n) is 2.72. The van der Waals surface area contributed by atoms with Crippen LogP contribution in [0.25, 0.3) is 0 Å². The van der Waals surface area contributed by atoms with Crippen LogP contribution in [-0.2, 0) is 6.18 Å². The SMILES string of the molecule is Cc1cc(C(Cl)c2cc(C(F)(F)F)ccc2F)sc1Br. The van der Waals surface area contributed by atoms with Crippen LogP contribution >= 0.6 is 38.9 Å². The standard InChI is InChI=1S/C13H8BrClF4S/c1-6-4-10(20-12(6)14)11(15)8-5-7(13(17,18)19)2-3-9(8)16/h2-5,11H,1H3. The van der Waals surface area contributed by atoms with Gasteiger partial charge in [0, 0.05) is 10.4 Å². The molecule has 0 N–H and O–H groups in total. The maximum absolute atomic E-state index is 13.7. The molecule has 0 radical (unpaired) electrons. The number of alkyl halides is 4. The van der Waals surface area contributed by atoms with E-state index in [2.05, 4.69) is 15.9 Å². The predicted octanol–water partition coefficient (Wildman–Crippen LogP) is 6.31. The van der Waals surface area contributed by atoms with Crippen LogP contribution in [0.1, 0.15) is 26.9 Å². The normalized spacial score (nSPS) is 13.6. The summed E-state index contributed by atoms with van der Waals surface area (Å²) in [5, 5.41) is -0.952. The molecule has 0 nitrogen and oxygen atoms in total. The Kier molecular flexibility index (Phi) is 4.47. The highest BCUT2D eigenvalue weighted by Gasteiger charge is 2.32. The lowest BCUT2D eigenvalue weighted by atomic mass is 10.1. The number of benzene rings is 1. The van der Waals surface area contributed by atoms with Gasteiger partial charge in [-0.2, -0.15) is 13.2 Å². The van der Waals surface area contributed by atoms with Crippen LogP contribution in [0.2, 0.25) is 0 Å². The zero-order valence-corrected chi connectivity index (χ0v) is 13.2. The maximum atomic E-state index is 13.7. The van der Waals surface area contributed by atoms with Gasteiger partial charge in [0.15, 0.2) is 0 Å². The zero-order valence-electron chi connectivity index (χ0n) is 10.1. The summed E-state index contributed by atoms with van der Waals surface area (Å²) in [5.74, 6) is -0.750. The molecule has 1 unspecified atom stereocenters. The summed E-state index contributed by atoms with van der Waals surface area (Å²) in [6.07, 6.45) is -4.52. The van der Waals surface area contributed by atoms with Crippen LogP contribution in [0.15, 0.2) is 28.1 Å². The lowest BCUT2D eigenvalue weighted by Crippen LogP contribution is -2.07. The van der Waals surface area contributed by atoms with Crippen molar-refractivity contribution in [2.24, 2.45) is 0 Å². The van der Waals surface area contributed by atoms with Crippen LogP contribution < -0.4 is 0 Å². The van der Waals surface area contributed by atoms with E-state index in [9.17, 15) is 17.6 Å². The summed E-state index contributed by atoms with van der Waals surface area (Å²) in [7, 11) is 0. The molecule has 0 fully saturated rings. The first-order valence-corrected chi connectivity index (χ1v) is 7.51. The topological polar surface area (TPSA) is 0 Å². The number of thiophene rings is 1. The molecule has 0 aliphatic carbocycles. The van der Waals surface area contributed by atoms with Gasteiger partial charge in [-0.3, -0.25) is 0 Å². The van der Waals surface area contributed by atoms with Crippen LogP contribution in [0.4, 0.5) is 17.6 Å². The molecular formula is C13H8BrClF4S. The monoisotopic (exact) mass is 386 g/mol. The Morgan fingerprint density at radius 2 is 1.90 bits per heavy atom. The molecule has 7 heteroatoms. The number of rotatable bonds is 2. The van der Waals surface area contributed by atoms with E-state index in [0.29, 0.717) is 10.9 Å². The van der Waals surface area contributed by atoms with Crippen molar-refractivity contribution in [1.82, 2.24) is 0 Å². The third-order valence-corrected chi connectivity index (χ3v) is 5.52. The third kappa shape index (κ3) is 3.18. The molecule has 20 heavy (non-hydrogen) atoms. The lowest BCUT2D eigenvalue weighted by molar-refractivity contribution is -0.137. The Morgan fingerprint density at radius 1 is 1.25 bits per heavy atom. The number of hydrogen-bond donors (Lipinski definition) is 0. The Morgan fingerprint density at radius 3 is 2.40 bits per heavy atom. The fourth-order valence-electron chi connectivity index (χ4n) is 1.68. The highest BCUT2D eigenvalue weighted by Crippen LogP contribution is 2.40. The number of hydrogen-bond acceptors (Lipinski definition) is 1. The first-order chi connectivity index (χ1) is 9.20. The second kappa shape index (κ2) is 5.66. The summed E-state index contributed by atoms with van der Waals surface area (Å²) < 4.78 is 52.6. The van der Waals surface area contributed by atoms with Crippen LogP contribution in [0, 0.1) is 12.7 Å². The van der Waals surface area contributed by atoms with Gasteiger partial charge in [0.1, 0.15) is 5.82 Å².